The molecule has 2 rings (SSSR count). The first-order chi connectivity index (χ1) is 9.41. The summed E-state index contributed by atoms with van der Waals surface area (Å²) in [6.45, 7) is 5.87. The molecule has 2 N–H and O–H groups in total. The van der Waals surface area contributed by atoms with Crippen LogP contribution in [0.5, 0.6) is 0 Å². The quantitative estimate of drug-likeness (QED) is 0.934. The third-order valence-corrected chi connectivity index (χ3v) is 4.39. The lowest BCUT2D eigenvalue weighted by atomic mass is 10.2. The van der Waals surface area contributed by atoms with Gasteiger partial charge in [-0.3, -0.25) is 4.79 Å². The molecule has 0 saturated heterocycles. The van der Waals surface area contributed by atoms with Crippen LogP contribution >= 0.6 is 11.3 Å². The average molecular weight is 291 g/mol. The second kappa shape index (κ2) is 5.54. The van der Waals surface area contributed by atoms with E-state index in [1.807, 2.05) is 20.8 Å². The number of hydrogen-bond acceptors (Lipinski definition) is 6. The Morgan fingerprint density at radius 1 is 1.35 bits per heavy atom. The highest BCUT2D eigenvalue weighted by Gasteiger charge is 2.24. The van der Waals surface area contributed by atoms with Gasteiger partial charge >= 0.3 is 0 Å². The van der Waals surface area contributed by atoms with E-state index in [2.05, 4.69) is 15.0 Å². The van der Waals surface area contributed by atoms with Gasteiger partial charge in [0.05, 0.1) is 16.7 Å². The van der Waals surface area contributed by atoms with Crippen molar-refractivity contribution in [2.24, 2.45) is 0 Å². The molecule has 1 amide bonds. The number of carbonyl (C=O) groups is 1. The first-order valence-electron chi connectivity index (χ1n) is 6.19. The molecule has 0 saturated carbocycles. The largest absolute Gasteiger partial charge is 0.382 e. The summed E-state index contributed by atoms with van der Waals surface area (Å²) < 4.78 is 0. The van der Waals surface area contributed by atoms with Gasteiger partial charge in [-0.05, 0) is 20.8 Å². The average Bonchev–Trinajstić information content (AvgIpc) is 2.76. The molecule has 1 unspecified atom stereocenters. The van der Waals surface area contributed by atoms with Gasteiger partial charge in [0.25, 0.3) is 5.91 Å². The van der Waals surface area contributed by atoms with Gasteiger partial charge in [-0.2, -0.15) is 0 Å². The predicted molar refractivity (Wildman–Crippen MR) is 78.5 cm³/mol. The van der Waals surface area contributed by atoms with E-state index in [0.29, 0.717) is 0 Å². The minimum Gasteiger partial charge on any atom is -0.382 e. The molecule has 0 spiro atoms. The van der Waals surface area contributed by atoms with E-state index in [-0.39, 0.29) is 23.5 Å². The molecule has 2 aromatic heterocycles. The van der Waals surface area contributed by atoms with Crippen LogP contribution in [0.4, 0.5) is 5.82 Å². The predicted octanol–water partition coefficient (Wildman–Crippen LogP) is 1.97. The number of hydrogen-bond donors (Lipinski definition) is 1. The van der Waals surface area contributed by atoms with Crippen molar-refractivity contribution in [3.8, 4) is 0 Å². The third kappa shape index (κ3) is 2.62. The first-order valence-corrected chi connectivity index (χ1v) is 7.01. The van der Waals surface area contributed by atoms with E-state index in [9.17, 15) is 4.79 Å². The van der Waals surface area contributed by atoms with E-state index in [1.54, 1.807) is 23.3 Å². The van der Waals surface area contributed by atoms with Crippen molar-refractivity contribution < 1.29 is 4.79 Å². The van der Waals surface area contributed by atoms with Gasteiger partial charge in [-0.25, -0.2) is 15.0 Å². The fraction of sp³-hybridized carbons (Fsp3) is 0.385. The lowest BCUT2D eigenvalue weighted by molar-refractivity contribution is 0.0739. The summed E-state index contributed by atoms with van der Waals surface area (Å²) in [5, 5.41) is 0.990. The minimum atomic E-state index is -0.242. The number of nitrogens with two attached hydrogens (primary N) is 1. The molecular formula is C13H17N5OS. The summed E-state index contributed by atoms with van der Waals surface area (Å²) in [7, 11) is 1.73. The van der Waals surface area contributed by atoms with Crippen molar-refractivity contribution in [3.63, 3.8) is 0 Å². The zero-order valence-electron chi connectivity index (χ0n) is 11.9. The van der Waals surface area contributed by atoms with Crippen LogP contribution in [0.15, 0.2) is 12.4 Å². The van der Waals surface area contributed by atoms with E-state index < -0.39 is 0 Å². The number of rotatable bonds is 3. The Bertz CT molecular complexity index is 639. The maximum Gasteiger partial charge on any atom is 0.276 e. The molecule has 7 heteroatoms. The lowest BCUT2D eigenvalue weighted by Gasteiger charge is -2.24. The van der Waals surface area contributed by atoms with Crippen LogP contribution in [0.2, 0.25) is 0 Å². The molecule has 20 heavy (non-hydrogen) atoms. The van der Waals surface area contributed by atoms with Gasteiger partial charge < -0.3 is 10.6 Å². The molecule has 1 atom stereocenters. The summed E-state index contributed by atoms with van der Waals surface area (Å²) in [6.07, 6.45) is 2.93. The Morgan fingerprint density at radius 3 is 2.55 bits per heavy atom. The Morgan fingerprint density at radius 2 is 2.00 bits per heavy atom. The number of anilines is 1. The van der Waals surface area contributed by atoms with Crippen molar-refractivity contribution in [3.05, 3.63) is 33.7 Å². The minimum absolute atomic E-state index is 0.0879. The van der Waals surface area contributed by atoms with Crippen LogP contribution in [0.25, 0.3) is 0 Å². The SMILES string of the molecule is Cc1nc(C)c(C(C)N(C)C(=O)c2nccnc2N)s1. The van der Waals surface area contributed by atoms with E-state index in [1.165, 1.54) is 12.4 Å². The molecule has 0 radical (unpaired) electrons. The standard InChI is InChI=1S/C13H17N5OS/c1-7-11(20-9(3)17-7)8(2)18(4)13(19)10-12(14)16-6-5-15-10/h5-6,8H,1-4H3,(H2,14,16). The van der Waals surface area contributed by atoms with Gasteiger partial charge in [-0.1, -0.05) is 0 Å². The van der Waals surface area contributed by atoms with Gasteiger partial charge in [-0.15, -0.1) is 11.3 Å². The van der Waals surface area contributed by atoms with Crippen LogP contribution < -0.4 is 5.73 Å². The lowest BCUT2D eigenvalue weighted by Crippen LogP contribution is -2.31. The second-order valence-corrected chi connectivity index (χ2v) is 5.80. The first kappa shape index (κ1) is 14.4. The summed E-state index contributed by atoms with van der Waals surface area (Å²) >= 11 is 1.60. The molecule has 2 heterocycles. The van der Waals surface area contributed by atoms with Crippen LogP contribution in [0.3, 0.4) is 0 Å². The van der Waals surface area contributed by atoms with E-state index >= 15 is 0 Å². The maximum absolute atomic E-state index is 12.4. The number of nitrogens with zero attached hydrogens (tertiary/aromatic N) is 4. The van der Waals surface area contributed by atoms with Crippen molar-refractivity contribution in [2.75, 3.05) is 12.8 Å². The summed E-state index contributed by atoms with van der Waals surface area (Å²) in [5.41, 5.74) is 6.83. The van der Waals surface area contributed by atoms with E-state index in [0.717, 1.165) is 15.6 Å². The Balaban J connectivity index is 2.27. The van der Waals surface area contributed by atoms with Gasteiger partial charge in [0.1, 0.15) is 0 Å². The van der Waals surface area contributed by atoms with Gasteiger partial charge in [0.15, 0.2) is 11.5 Å². The Labute approximate surface area is 121 Å². The number of thiazole rings is 1. The smallest absolute Gasteiger partial charge is 0.276 e. The fourth-order valence-electron chi connectivity index (χ4n) is 1.97. The Hall–Kier alpha value is -2.02. The number of carbonyl (C=O) groups excluding carboxylic acids is 1. The molecule has 0 aromatic carbocycles. The molecule has 106 valence electrons. The number of amides is 1. The van der Waals surface area contributed by atoms with Crippen molar-refractivity contribution >= 4 is 23.1 Å². The Kier molecular flexibility index (Phi) is 3.99. The molecule has 6 nitrogen and oxygen atoms in total. The molecule has 0 fully saturated rings. The van der Waals surface area contributed by atoms with Crippen molar-refractivity contribution in [1.29, 1.82) is 0 Å². The van der Waals surface area contributed by atoms with Crippen molar-refractivity contribution in [2.45, 2.75) is 26.8 Å². The zero-order valence-corrected chi connectivity index (χ0v) is 12.7. The normalized spacial score (nSPS) is 12.2. The summed E-state index contributed by atoms with van der Waals surface area (Å²) in [4.78, 5) is 27.4. The van der Waals surface area contributed by atoms with Crippen LogP contribution in [-0.2, 0) is 0 Å². The number of aromatic nitrogens is 3. The molecule has 2 aromatic rings. The fourth-order valence-corrected chi connectivity index (χ4v) is 2.99. The van der Waals surface area contributed by atoms with Gasteiger partial charge in [0.2, 0.25) is 0 Å². The summed E-state index contributed by atoms with van der Waals surface area (Å²) in [5.74, 6) is -0.0951. The van der Waals surface area contributed by atoms with E-state index in [4.69, 9.17) is 5.73 Å². The molecular weight excluding hydrogens is 274 g/mol. The third-order valence-electron chi connectivity index (χ3n) is 3.15. The highest BCUT2D eigenvalue weighted by Crippen LogP contribution is 2.29. The zero-order chi connectivity index (χ0) is 14.9. The number of aryl methyl sites for hydroxylation is 2. The van der Waals surface area contributed by atoms with Crippen LogP contribution in [0, 0.1) is 13.8 Å². The topological polar surface area (TPSA) is 85.0 Å². The molecule has 0 aliphatic heterocycles. The second-order valence-electron chi connectivity index (χ2n) is 4.56. The monoisotopic (exact) mass is 291 g/mol. The van der Waals surface area contributed by atoms with Gasteiger partial charge in [0, 0.05) is 24.3 Å². The summed E-state index contributed by atoms with van der Waals surface area (Å²) in [6, 6.07) is -0.0879. The molecule has 0 bridgehead atoms. The highest BCUT2D eigenvalue weighted by atomic mass is 32.1. The molecule has 0 aliphatic carbocycles. The van der Waals surface area contributed by atoms with Crippen molar-refractivity contribution in [1.82, 2.24) is 19.9 Å². The highest BCUT2D eigenvalue weighted by molar-refractivity contribution is 7.11. The number of nitrogen functional groups attached to an aromatic ring is 1. The van der Waals surface area contributed by atoms with Crippen LogP contribution in [0.1, 0.15) is 39.0 Å². The van der Waals surface area contributed by atoms with Crippen LogP contribution in [-0.4, -0.2) is 32.8 Å². The molecule has 0 aliphatic rings. The maximum atomic E-state index is 12.4.